The molecule has 0 aliphatic rings. The van der Waals surface area contributed by atoms with E-state index in [0.29, 0.717) is 5.56 Å². The van der Waals surface area contributed by atoms with Gasteiger partial charge in [-0.15, -0.1) is 22.7 Å². The van der Waals surface area contributed by atoms with Crippen LogP contribution in [0, 0.1) is 11.6 Å². The van der Waals surface area contributed by atoms with Gasteiger partial charge in [0.1, 0.15) is 5.69 Å². The number of fused-ring (bicyclic) bond motifs is 1. The van der Waals surface area contributed by atoms with Crippen LogP contribution in [-0.2, 0) is 6.42 Å². The number of unbranched alkanes of at least 4 members (excludes halogenated alkanes) is 2. The predicted octanol–water partition coefficient (Wildman–Crippen LogP) is 7.38. The van der Waals surface area contributed by atoms with Crippen molar-refractivity contribution in [3.8, 4) is 10.4 Å². The molecule has 1 nitrogen and oxygen atoms in total. The van der Waals surface area contributed by atoms with Crippen LogP contribution in [0.3, 0.4) is 0 Å². The van der Waals surface area contributed by atoms with Gasteiger partial charge in [0, 0.05) is 19.2 Å². The van der Waals surface area contributed by atoms with E-state index in [2.05, 4.69) is 30.2 Å². The van der Waals surface area contributed by atoms with Crippen LogP contribution in [0.2, 0.25) is 0 Å². The van der Waals surface area contributed by atoms with Crippen LogP contribution < -0.4 is 0 Å². The van der Waals surface area contributed by atoms with Crippen molar-refractivity contribution in [2.75, 3.05) is 0 Å². The number of thiocarbonyl (C=S) groups is 1. The summed E-state index contributed by atoms with van der Waals surface area (Å²) >= 11 is 7.74. The first-order valence-electron chi connectivity index (χ1n) is 7.72. The minimum absolute atomic E-state index is 0.384. The van der Waals surface area contributed by atoms with Crippen molar-refractivity contribution < 1.29 is 8.78 Å². The fourth-order valence-electron chi connectivity index (χ4n) is 2.56. The number of hydrogen-bond donors (Lipinski definition) is 0. The Balaban J connectivity index is 1.90. The Kier molecular flexibility index (Phi) is 5.51. The Labute approximate surface area is 152 Å². The average Bonchev–Trinajstić information content (AvgIpc) is 3.09. The summed E-state index contributed by atoms with van der Waals surface area (Å²) in [6, 6.07) is 6.80. The van der Waals surface area contributed by atoms with Gasteiger partial charge in [-0.3, -0.25) is 0 Å². The number of isothiocyanates is 1. The molecule has 6 heteroatoms. The molecule has 0 N–H and O–H groups in total. The summed E-state index contributed by atoms with van der Waals surface area (Å²) in [6.07, 6.45) is 4.76. The van der Waals surface area contributed by atoms with Gasteiger partial charge in [-0.05, 0) is 54.9 Å². The minimum atomic E-state index is -0.723. The summed E-state index contributed by atoms with van der Waals surface area (Å²) in [6.45, 7) is 2.20. The van der Waals surface area contributed by atoms with Gasteiger partial charge in [0.15, 0.2) is 11.6 Å². The third-order valence-corrected chi connectivity index (χ3v) is 6.24. The van der Waals surface area contributed by atoms with Gasteiger partial charge < -0.3 is 0 Å². The molecule has 0 saturated heterocycles. The van der Waals surface area contributed by atoms with Crippen molar-refractivity contribution in [1.29, 1.82) is 0 Å². The Morgan fingerprint density at radius 2 is 1.75 bits per heavy atom. The molecule has 0 bridgehead atoms. The molecule has 24 heavy (non-hydrogen) atoms. The molecule has 124 valence electrons. The van der Waals surface area contributed by atoms with Crippen LogP contribution in [0.25, 0.3) is 19.8 Å². The number of nitrogens with zero attached hydrogens (tertiary/aromatic N) is 1. The maximum absolute atomic E-state index is 14.0. The van der Waals surface area contributed by atoms with Crippen molar-refractivity contribution in [2.45, 2.75) is 32.6 Å². The Morgan fingerprint density at radius 3 is 2.38 bits per heavy atom. The number of rotatable bonds is 6. The lowest BCUT2D eigenvalue weighted by Gasteiger charge is -2.02. The summed E-state index contributed by atoms with van der Waals surface area (Å²) < 4.78 is 30.3. The van der Waals surface area contributed by atoms with Crippen molar-refractivity contribution in [3.63, 3.8) is 0 Å². The molecule has 0 aliphatic heterocycles. The van der Waals surface area contributed by atoms with Gasteiger partial charge in [0.25, 0.3) is 0 Å². The molecular weight excluding hydrogens is 364 g/mol. The quantitative estimate of drug-likeness (QED) is 0.247. The molecule has 0 fully saturated rings. The Bertz CT molecular complexity index is 865. The highest BCUT2D eigenvalue weighted by molar-refractivity contribution is 7.78. The number of halogens is 2. The molecule has 0 radical (unpaired) electrons. The molecule has 0 unspecified atom stereocenters. The van der Waals surface area contributed by atoms with Gasteiger partial charge in [0.05, 0.1) is 5.16 Å². The molecule has 0 spiro atoms. The second-order valence-corrected chi connectivity index (χ2v) is 7.94. The van der Waals surface area contributed by atoms with Crippen LogP contribution in [0.1, 0.15) is 31.1 Å². The fourth-order valence-corrected chi connectivity index (χ4v) is 5.10. The third kappa shape index (κ3) is 3.62. The molecule has 3 aromatic rings. The highest BCUT2D eigenvalue weighted by atomic mass is 32.1. The zero-order valence-electron chi connectivity index (χ0n) is 13.1. The van der Waals surface area contributed by atoms with E-state index in [1.807, 2.05) is 11.2 Å². The molecule has 2 aromatic heterocycles. The highest BCUT2D eigenvalue weighted by Crippen LogP contribution is 2.40. The average molecular weight is 380 g/mol. The second-order valence-electron chi connectivity index (χ2n) is 5.50. The standard InChI is InChI=1S/C18H15F2NS3/c1-2-3-4-5-12-8-16-17(23-12)9-15(24-16)11-6-13(19)18(21-10-22)14(20)7-11/h6-9H,2-5H2,1H3. The molecule has 0 atom stereocenters. The van der Waals surface area contributed by atoms with E-state index >= 15 is 0 Å². The van der Waals surface area contributed by atoms with E-state index in [0.717, 1.165) is 11.3 Å². The van der Waals surface area contributed by atoms with Gasteiger partial charge in [-0.25, -0.2) is 8.78 Å². The lowest BCUT2D eigenvalue weighted by Crippen LogP contribution is -1.85. The summed E-state index contributed by atoms with van der Waals surface area (Å²) in [5.41, 5.74) is 0.138. The van der Waals surface area contributed by atoms with Crippen LogP contribution in [0.4, 0.5) is 14.5 Å². The number of hydrogen-bond acceptors (Lipinski definition) is 4. The zero-order valence-corrected chi connectivity index (χ0v) is 15.5. The van der Waals surface area contributed by atoms with E-state index in [4.69, 9.17) is 0 Å². The number of thiophene rings is 2. The smallest absolute Gasteiger partial charge is 0.153 e. The SMILES string of the molecule is CCCCCc1cc2sc(-c3cc(F)c(N=C=S)c(F)c3)cc2s1. The van der Waals surface area contributed by atoms with E-state index in [9.17, 15) is 8.78 Å². The largest absolute Gasteiger partial charge is 0.204 e. The first kappa shape index (κ1) is 17.4. The van der Waals surface area contributed by atoms with Gasteiger partial charge in [-0.1, -0.05) is 19.8 Å². The van der Waals surface area contributed by atoms with E-state index < -0.39 is 11.6 Å². The van der Waals surface area contributed by atoms with Gasteiger partial charge in [-0.2, -0.15) is 4.99 Å². The Hall–Kier alpha value is -1.46. The van der Waals surface area contributed by atoms with Crippen molar-refractivity contribution in [1.82, 2.24) is 0 Å². The lowest BCUT2D eigenvalue weighted by atomic mass is 10.1. The highest BCUT2D eigenvalue weighted by Gasteiger charge is 2.14. The van der Waals surface area contributed by atoms with Crippen LogP contribution in [0.5, 0.6) is 0 Å². The molecule has 0 amide bonds. The number of aliphatic imine (C=N–C) groups is 1. The molecule has 2 heterocycles. The third-order valence-electron chi connectivity index (χ3n) is 3.74. The van der Waals surface area contributed by atoms with Crippen molar-refractivity contribution in [3.05, 3.63) is 40.8 Å². The maximum atomic E-state index is 14.0. The van der Waals surface area contributed by atoms with Crippen LogP contribution in [0.15, 0.2) is 29.3 Å². The number of aryl methyl sites for hydroxylation is 1. The van der Waals surface area contributed by atoms with Gasteiger partial charge >= 0.3 is 0 Å². The molecule has 1 aromatic carbocycles. The van der Waals surface area contributed by atoms with Gasteiger partial charge in [0.2, 0.25) is 0 Å². The monoisotopic (exact) mass is 379 g/mol. The topological polar surface area (TPSA) is 12.4 Å². The molecule has 3 rings (SSSR count). The van der Waals surface area contributed by atoms with E-state index in [1.165, 1.54) is 45.7 Å². The Morgan fingerprint density at radius 1 is 1.04 bits per heavy atom. The second kappa shape index (κ2) is 7.62. The van der Waals surface area contributed by atoms with E-state index in [1.54, 1.807) is 22.7 Å². The van der Waals surface area contributed by atoms with Crippen molar-refractivity contribution >= 4 is 55.1 Å². The van der Waals surface area contributed by atoms with Crippen molar-refractivity contribution in [2.24, 2.45) is 4.99 Å². The fraction of sp³-hybridized carbons (Fsp3) is 0.278. The first-order chi connectivity index (χ1) is 11.6. The number of benzene rings is 1. The summed E-state index contributed by atoms with van der Waals surface area (Å²) in [5.74, 6) is -1.45. The van der Waals surface area contributed by atoms with E-state index in [-0.39, 0.29) is 5.69 Å². The summed E-state index contributed by atoms with van der Waals surface area (Å²) in [5, 5.41) is 2.00. The first-order valence-corrected chi connectivity index (χ1v) is 9.76. The van der Waals surface area contributed by atoms with Crippen LogP contribution >= 0.6 is 34.9 Å². The molecule has 0 saturated carbocycles. The summed E-state index contributed by atoms with van der Waals surface area (Å²) in [7, 11) is 0. The maximum Gasteiger partial charge on any atom is 0.153 e. The molecule has 0 aliphatic carbocycles. The predicted molar refractivity (Wildman–Crippen MR) is 103 cm³/mol. The lowest BCUT2D eigenvalue weighted by molar-refractivity contribution is 0.588. The van der Waals surface area contributed by atoms with Crippen LogP contribution in [-0.4, -0.2) is 5.16 Å². The normalized spacial score (nSPS) is 11.0. The summed E-state index contributed by atoms with van der Waals surface area (Å²) in [4.78, 5) is 5.67. The zero-order chi connectivity index (χ0) is 17.1. The molecular formula is C18H15F2NS3. The minimum Gasteiger partial charge on any atom is -0.204 e.